The van der Waals surface area contributed by atoms with Gasteiger partial charge in [-0.05, 0) is 41.0 Å². The standard InChI is InChI=1S/C30H42N4O10S/c1-8-10-18(19-12-17(37-11-9-2)13-21(35)39-19)32-27(36)30(31)15-45-25(33-30)16(3)34-44-26-24-23(42-29(6,7)43-24)22-20(40-26)14-38-28(4,5)41-22/h9,12-13,18,20,22-24,26H,2,8,10-11,14-15,31H2,1,3-7H3,(H,32,36)/b34-16+/t18-,20-,22-,23+,24+,26-,30+/m1/s1. The minimum atomic E-state index is -1.59. The number of carbonyl (C=O) groups excluding carboxylic acids is 1. The van der Waals surface area contributed by atoms with Crippen molar-refractivity contribution in [3.63, 3.8) is 0 Å². The van der Waals surface area contributed by atoms with E-state index in [0.29, 0.717) is 29.3 Å². The Bertz CT molecular complexity index is 1400. The number of aliphatic imine (C=N–C) groups is 1. The van der Waals surface area contributed by atoms with E-state index in [1.165, 1.54) is 17.8 Å². The monoisotopic (exact) mass is 650 g/mol. The average Bonchev–Trinajstić information content (AvgIpc) is 3.54. The number of ether oxygens (including phenoxy) is 6. The fourth-order valence-electron chi connectivity index (χ4n) is 5.46. The molecule has 45 heavy (non-hydrogen) atoms. The second-order valence-electron chi connectivity index (χ2n) is 12.2. The number of oxime groups is 1. The zero-order valence-corrected chi connectivity index (χ0v) is 27.2. The van der Waals surface area contributed by atoms with Crippen LogP contribution in [0, 0.1) is 0 Å². The molecule has 0 spiro atoms. The third-order valence-corrected chi connectivity index (χ3v) is 8.77. The molecule has 0 bridgehead atoms. The molecule has 1 aromatic heterocycles. The van der Waals surface area contributed by atoms with E-state index in [0.717, 1.165) is 0 Å². The number of carbonyl (C=O) groups is 1. The summed E-state index contributed by atoms with van der Waals surface area (Å²) in [4.78, 5) is 36.0. The highest BCUT2D eigenvalue weighted by molar-refractivity contribution is 8.16. The van der Waals surface area contributed by atoms with Crippen LogP contribution >= 0.6 is 11.8 Å². The van der Waals surface area contributed by atoms with E-state index in [4.69, 9.17) is 43.4 Å². The Kier molecular flexibility index (Phi) is 9.80. The first-order valence-corrected chi connectivity index (χ1v) is 16.0. The van der Waals surface area contributed by atoms with Crippen molar-refractivity contribution in [3.8, 4) is 5.75 Å². The Balaban J connectivity index is 1.27. The maximum atomic E-state index is 13.4. The van der Waals surface area contributed by atoms with Gasteiger partial charge in [-0.1, -0.05) is 31.2 Å². The molecule has 3 fully saturated rings. The molecule has 248 valence electrons. The highest BCUT2D eigenvalue weighted by Gasteiger charge is 2.59. The molecule has 5 rings (SSSR count). The van der Waals surface area contributed by atoms with Gasteiger partial charge in [0.2, 0.25) is 0 Å². The van der Waals surface area contributed by atoms with E-state index in [9.17, 15) is 9.59 Å². The van der Waals surface area contributed by atoms with Gasteiger partial charge in [0.15, 0.2) is 23.3 Å². The lowest BCUT2D eigenvalue weighted by Gasteiger charge is -2.47. The summed E-state index contributed by atoms with van der Waals surface area (Å²) in [7, 11) is 0. The second-order valence-corrected chi connectivity index (χ2v) is 13.2. The summed E-state index contributed by atoms with van der Waals surface area (Å²) in [5.41, 5.74) is 4.70. The van der Waals surface area contributed by atoms with Crippen LogP contribution in [-0.2, 0) is 33.3 Å². The third-order valence-electron chi connectivity index (χ3n) is 7.53. The predicted octanol–water partition coefficient (Wildman–Crippen LogP) is 2.75. The molecule has 5 heterocycles. The summed E-state index contributed by atoms with van der Waals surface area (Å²) in [5, 5.41) is 7.61. The van der Waals surface area contributed by atoms with Crippen molar-refractivity contribution in [2.75, 3.05) is 19.0 Å². The van der Waals surface area contributed by atoms with E-state index >= 15 is 0 Å². The number of nitrogens with zero attached hydrogens (tertiary/aromatic N) is 2. The Morgan fingerprint density at radius 2 is 1.96 bits per heavy atom. The molecule has 0 saturated carbocycles. The topological polar surface area (TPSA) is 175 Å². The van der Waals surface area contributed by atoms with Crippen molar-refractivity contribution in [1.82, 2.24) is 5.32 Å². The second kappa shape index (κ2) is 13.1. The number of hydrogen-bond donors (Lipinski definition) is 2. The number of thioether (sulfide) groups is 1. The molecule has 7 atom stereocenters. The molecule has 0 radical (unpaired) electrons. The van der Waals surface area contributed by atoms with Crippen LogP contribution in [0.3, 0.4) is 0 Å². The molecule has 0 unspecified atom stereocenters. The number of rotatable bonds is 11. The van der Waals surface area contributed by atoms with Crippen molar-refractivity contribution in [2.24, 2.45) is 15.9 Å². The van der Waals surface area contributed by atoms with E-state index in [1.807, 2.05) is 34.6 Å². The highest BCUT2D eigenvalue weighted by Crippen LogP contribution is 2.42. The van der Waals surface area contributed by atoms with Gasteiger partial charge in [-0.3, -0.25) is 10.5 Å². The molecule has 15 heteroatoms. The Morgan fingerprint density at radius 3 is 2.69 bits per heavy atom. The van der Waals surface area contributed by atoms with Gasteiger partial charge >= 0.3 is 5.63 Å². The van der Waals surface area contributed by atoms with Crippen molar-refractivity contribution in [3.05, 3.63) is 41.0 Å². The summed E-state index contributed by atoms with van der Waals surface area (Å²) in [6, 6.07) is 2.19. The van der Waals surface area contributed by atoms with Crippen LogP contribution in [0.2, 0.25) is 0 Å². The Hall–Kier alpha value is -2.79. The first-order valence-electron chi connectivity index (χ1n) is 15.0. The van der Waals surface area contributed by atoms with Crippen LogP contribution in [0.5, 0.6) is 5.75 Å². The first kappa shape index (κ1) is 33.6. The Labute approximate surface area is 266 Å². The van der Waals surface area contributed by atoms with Crippen LogP contribution in [0.25, 0.3) is 0 Å². The van der Waals surface area contributed by atoms with Crippen molar-refractivity contribution in [2.45, 2.75) is 108 Å². The Morgan fingerprint density at radius 1 is 1.22 bits per heavy atom. The quantitative estimate of drug-likeness (QED) is 0.204. The van der Waals surface area contributed by atoms with E-state index in [-0.39, 0.29) is 24.7 Å². The highest BCUT2D eigenvalue weighted by atomic mass is 32.2. The van der Waals surface area contributed by atoms with Gasteiger partial charge in [0.1, 0.15) is 47.2 Å². The zero-order valence-electron chi connectivity index (χ0n) is 26.4. The van der Waals surface area contributed by atoms with Crippen molar-refractivity contribution < 1.29 is 42.5 Å². The maximum Gasteiger partial charge on any atom is 0.339 e. The summed E-state index contributed by atoms with van der Waals surface area (Å²) >= 11 is 1.27. The van der Waals surface area contributed by atoms with Crippen molar-refractivity contribution >= 4 is 28.4 Å². The molecule has 3 saturated heterocycles. The van der Waals surface area contributed by atoms with Gasteiger partial charge < -0.3 is 43.0 Å². The summed E-state index contributed by atoms with van der Waals surface area (Å²) in [5.74, 6) is -1.46. The number of fused-ring (bicyclic) bond motifs is 3. The van der Waals surface area contributed by atoms with Gasteiger partial charge in [-0.15, -0.1) is 11.8 Å². The van der Waals surface area contributed by atoms with Crippen LogP contribution < -0.4 is 21.4 Å². The lowest BCUT2D eigenvalue weighted by Crippen LogP contribution is -2.63. The molecule has 3 N–H and O–H groups in total. The van der Waals surface area contributed by atoms with Gasteiger partial charge in [0.05, 0.1) is 18.7 Å². The summed E-state index contributed by atoms with van der Waals surface area (Å²) in [6.45, 7) is 15.1. The number of nitrogens with two attached hydrogens (primary N) is 1. The third kappa shape index (κ3) is 7.62. The molecular formula is C30H42N4O10S. The van der Waals surface area contributed by atoms with Gasteiger partial charge in [0.25, 0.3) is 12.2 Å². The summed E-state index contributed by atoms with van der Waals surface area (Å²) < 4.78 is 41.3. The van der Waals surface area contributed by atoms with Gasteiger partial charge in [0, 0.05) is 11.8 Å². The number of amides is 1. The fraction of sp³-hybridized carbons (Fsp3) is 0.667. The predicted molar refractivity (Wildman–Crippen MR) is 165 cm³/mol. The molecule has 14 nitrogen and oxygen atoms in total. The lowest BCUT2D eigenvalue weighted by molar-refractivity contribution is -0.370. The lowest BCUT2D eigenvalue weighted by atomic mass is 9.97. The number of nitrogens with one attached hydrogen (secondary N) is 1. The van der Waals surface area contributed by atoms with E-state index in [1.54, 1.807) is 19.1 Å². The SMILES string of the molecule is C=CCOc1cc([C@@H](CCC)NC(=O)[C@]2(N)CSC(/C(C)=N/O[C@H]3O[C@@H]4COC(C)(C)O[C@H]4[C@@H]4OC(C)(C)O[C@H]34)=N2)oc(=O)c1. The fourth-order valence-corrected chi connectivity index (χ4v) is 6.49. The van der Waals surface area contributed by atoms with E-state index in [2.05, 4.69) is 22.0 Å². The molecule has 4 aliphatic rings. The number of hydrogen-bond acceptors (Lipinski definition) is 14. The minimum absolute atomic E-state index is 0.163. The van der Waals surface area contributed by atoms with Crippen LogP contribution in [0.4, 0.5) is 0 Å². The van der Waals surface area contributed by atoms with Crippen LogP contribution in [0.15, 0.2) is 44.1 Å². The smallest absolute Gasteiger partial charge is 0.339 e. The molecule has 0 aromatic carbocycles. The average molecular weight is 651 g/mol. The summed E-state index contributed by atoms with van der Waals surface area (Å²) in [6.07, 6.45) is -0.0884. The zero-order chi connectivity index (χ0) is 32.6. The van der Waals surface area contributed by atoms with Crippen molar-refractivity contribution in [1.29, 1.82) is 0 Å². The maximum absolute atomic E-state index is 13.4. The van der Waals surface area contributed by atoms with E-state index < -0.39 is 65.5 Å². The molecular weight excluding hydrogens is 608 g/mol. The minimum Gasteiger partial charge on any atom is -0.489 e. The first-order chi connectivity index (χ1) is 21.2. The molecule has 0 aliphatic carbocycles. The normalized spacial score (nSPS) is 32.6. The van der Waals surface area contributed by atoms with Crippen LogP contribution in [-0.4, -0.2) is 83.6 Å². The molecule has 4 aliphatic heterocycles. The largest absolute Gasteiger partial charge is 0.489 e. The van der Waals surface area contributed by atoms with Gasteiger partial charge in [-0.2, -0.15) is 0 Å². The molecule has 1 amide bonds. The van der Waals surface area contributed by atoms with Crippen LogP contribution in [0.1, 0.15) is 66.2 Å². The van der Waals surface area contributed by atoms with Gasteiger partial charge in [-0.25, -0.2) is 9.79 Å². The molecule has 1 aromatic rings.